The molecule has 0 saturated heterocycles. The third-order valence-corrected chi connectivity index (χ3v) is 2.80. The van der Waals surface area contributed by atoms with Crippen LogP contribution in [0.2, 0.25) is 0 Å². The van der Waals surface area contributed by atoms with E-state index in [-0.39, 0.29) is 11.5 Å². The number of rotatable bonds is 3. The molecule has 0 amide bonds. The minimum atomic E-state index is 0.0404. The zero-order chi connectivity index (χ0) is 11.5. The Hall–Kier alpha value is -0.540. The highest BCUT2D eigenvalue weighted by molar-refractivity contribution is 9.10. The van der Waals surface area contributed by atoms with Gasteiger partial charge in [0, 0.05) is 16.4 Å². The third kappa shape index (κ3) is 3.84. The second kappa shape index (κ2) is 4.99. The second-order valence-corrected chi connectivity index (χ2v) is 5.58. The van der Waals surface area contributed by atoms with Crippen LogP contribution in [0.25, 0.3) is 0 Å². The lowest BCUT2D eigenvalue weighted by atomic mass is 9.89. The van der Waals surface area contributed by atoms with Gasteiger partial charge in [-0.05, 0) is 24.3 Å². The summed E-state index contributed by atoms with van der Waals surface area (Å²) < 4.78 is 6.89. The molecule has 1 unspecified atom stereocenters. The summed E-state index contributed by atoms with van der Waals surface area (Å²) in [5.41, 5.74) is 5.76. The van der Waals surface area contributed by atoms with Crippen molar-refractivity contribution in [3.63, 3.8) is 0 Å². The maximum atomic E-state index is 5.84. The van der Waals surface area contributed by atoms with Crippen molar-refractivity contribution in [2.45, 2.75) is 26.9 Å². The van der Waals surface area contributed by atoms with Crippen LogP contribution in [0.5, 0.6) is 5.75 Å². The molecule has 0 fully saturated rings. The molecular weight excluding hydrogens is 254 g/mol. The Morgan fingerprint density at radius 2 is 1.80 bits per heavy atom. The lowest BCUT2D eigenvalue weighted by Crippen LogP contribution is -2.38. The SMILES string of the molecule is CC(C)(C)C(CN)Oc1ccc(Br)cc1. The first-order valence-electron chi connectivity index (χ1n) is 5.06. The summed E-state index contributed by atoms with van der Waals surface area (Å²) in [4.78, 5) is 0. The summed E-state index contributed by atoms with van der Waals surface area (Å²) in [5.74, 6) is 0.864. The van der Waals surface area contributed by atoms with Crippen molar-refractivity contribution >= 4 is 15.9 Å². The van der Waals surface area contributed by atoms with Crippen molar-refractivity contribution in [3.8, 4) is 5.75 Å². The van der Waals surface area contributed by atoms with Gasteiger partial charge in [-0.3, -0.25) is 0 Å². The van der Waals surface area contributed by atoms with Crippen LogP contribution in [-0.2, 0) is 0 Å². The van der Waals surface area contributed by atoms with Crippen LogP contribution in [0, 0.1) is 5.41 Å². The molecule has 1 aromatic carbocycles. The Bertz CT molecular complexity index is 302. The molecule has 0 radical (unpaired) electrons. The van der Waals surface area contributed by atoms with E-state index in [1.807, 2.05) is 24.3 Å². The molecule has 0 saturated carbocycles. The normalized spacial score (nSPS) is 13.7. The predicted octanol–water partition coefficient (Wildman–Crippen LogP) is 3.20. The molecule has 0 heterocycles. The maximum absolute atomic E-state index is 5.84. The molecule has 0 aromatic heterocycles. The van der Waals surface area contributed by atoms with Gasteiger partial charge >= 0.3 is 0 Å². The van der Waals surface area contributed by atoms with E-state index in [4.69, 9.17) is 10.5 Å². The predicted molar refractivity (Wildman–Crippen MR) is 67.1 cm³/mol. The largest absolute Gasteiger partial charge is 0.489 e. The average Bonchev–Trinajstić information content (AvgIpc) is 2.15. The zero-order valence-electron chi connectivity index (χ0n) is 9.46. The molecule has 0 aliphatic heterocycles. The Morgan fingerprint density at radius 1 is 1.27 bits per heavy atom. The summed E-state index contributed by atoms with van der Waals surface area (Å²) in [6.07, 6.45) is 0.0404. The van der Waals surface area contributed by atoms with Crippen molar-refractivity contribution < 1.29 is 4.74 Å². The molecule has 3 heteroatoms. The van der Waals surface area contributed by atoms with E-state index in [9.17, 15) is 0 Å². The molecular formula is C12H18BrNO. The highest BCUT2D eigenvalue weighted by Gasteiger charge is 2.24. The van der Waals surface area contributed by atoms with Gasteiger partial charge in [-0.15, -0.1) is 0 Å². The average molecular weight is 272 g/mol. The fourth-order valence-corrected chi connectivity index (χ4v) is 1.52. The van der Waals surface area contributed by atoms with Crippen LogP contribution in [0.15, 0.2) is 28.7 Å². The third-order valence-electron chi connectivity index (χ3n) is 2.27. The number of hydrogen-bond acceptors (Lipinski definition) is 2. The molecule has 15 heavy (non-hydrogen) atoms. The van der Waals surface area contributed by atoms with E-state index >= 15 is 0 Å². The van der Waals surface area contributed by atoms with Crippen molar-refractivity contribution in [1.82, 2.24) is 0 Å². The summed E-state index contributed by atoms with van der Waals surface area (Å²) in [6.45, 7) is 6.91. The standard InChI is InChI=1S/C12H18BrNO/c1-12(2,3)11(8-14)15-10-6-4-9(13)5-7-10/h4-7,11H,8,14H2,1-3H3. The van der Waals surface area contributed by atoms with Gasteiger partial charge in [-0.1, -0.05) is 36.7 Å². The van der Waals surface area contributed by atoms with Gasteiger partial charge < -0.3 is 10.5 Å². The summed E-state index contributed by atoms with van der Waals surface area (Å²) in [5, 5.41) is 0. The molecule has 0 bridgehead atoms. The summed E-state index contributed by atoms with van der Waals surface area (Å²) >= 11 is 3.39. The van der Waals surface area contributed by atoms with Crippen LogP contribution in [0.4, 0.5) is 0 Å². The number of ether oxygens (including phenoxy) is 1. The Kier molecular flexibility index (Phi) is 4.17. The van der Waals surface area contributed by atoms with Gasteiger partial charge in [-0.25, -0.2) is 0 Å². The van der Waals surface area contributed by atoms with Crippen LogP contribution < -0.4 is 10.5 Å². The molecule has 1 rings (SSSR count). The van der Waals surface area contributed by atoms with Crippen molar-refractivity contribution in [2.75, 3.05) is 6.54 Å². The van der Waals surface area contributed by atoms with E-state index in [1.165, 1.54) is 0 Å². The number of benzene rings is 1. The zero-order valence-corrected chi connectivity index (χ0v) is 11.0. The minimum absolute atomic E-state index is 0.0404. The fourth-order valence-electron chi connectivity index (χ4n) is 1.26. The van der Waals surface area contributed by atoms with E-state index < -0.39 is 0 Å². The minimum Gasteiger partial charge on any atom is -0.489 e. The van der Waals surface area contributed by atoms with Crippen molar-refractivity contribution in [2.24, 2.45) is 11.1 Å². The van der Waals surface area contributed by atoms with E-state index in [1.54, 1.807) is 0 Å². The molecule has 0 aliphatic rings. The van der Waals surface area contributed by atoms with Gasteiger partial charge in [0.15, 0.2) is 0 Å². The smallest absolute Gasteiger partial charge is 0.119 e. The quantitative estimate of drug-likeness (QED) is 0.917. The molecule has 84 valence electrons. The van der Waals surface area contributed by atoms with Gasteiger partial charge in [0.25, 0.3) is 0 Å². The number of halogens is 1. The van der Waals surface area contributed by atoms with Gasteiger partial charge in [0.2, 0.25) is 0 Å². The van der Waals surface area contributed by atoms with Crippen molar-refractivity contribution in [1.29, 1.82) is 0 Å². The van der Waals surface area contributed by atoms with Crippen LogP contribution in [0.3, 0.4) is 0 Å². The van der Waals surface area contributed by atoms with Gasteiger partial charge in [0.1, 0.15) is 11.9 Å². The van der Waals surface area contributed by atoms with Crippen molar-refractivity contribution in [3.05, 3.63) is 28.7 Å². The summed E-state index contributed by atoms with van der Waals surface area (Å²) in [6, 6.07) is 7.81. The Morgan fingerprint density at radius 3 is 2.20 bits per heavy atom. The first-order chi connectivity index (χ1) is 6.93. The topological polar surface area (TPSA) is 35.2 Å². The van der Waals surface area contributed by atoms with E-state index in [0.717, 1.165) is 10.2 Å². The van der Waals surface area contributed by atoms with Crippen LogP contribution in [0.1, 0.15) is 20.8 Å². The lowest BCUT2D eigenvalue weighted by Gasteiger charge is -2.30. The molecule has 2 N–H and O–H groups in total. The molecule has 0 spiro atoms. The monoisotopic (exact) mass is 271 g/mol. The Labute approximate surface area is 99.9 Å². The van der Waals surface area contributed by atoms with Gasteiger partial charge in [0.05, 0.1) is 0 Å². The second-order valence-electron chi connectivity index (χ2n) is 4.66. The Balaban J connectivity index is 2.71. The number of hydrogen-bond donors (Lipinski definition) is 1. The van der Waals surface area contributed by atoms with E-state index in [2.05, 4.69) is 36.7 Å². The highest BCUT2D eigenvalue weighted by Crippen LogP contribution is 2.25. The molecule has 1 atom stereocenters. The van der Waals surface area contributed by atoms with Crippen LogP contribution >= 0.6 is 15.9 Å². The molecule has 1 aromatic rings. The summed E-state index contributed by atoms with van der Waals surface area (Å²) in [7, 11) is 0. The van der Waals surface area contributed by atoms with E-state index in [0.29, 0.717) is 6.54 Å². The first-order valence-corrected chi connectivity index (χ1v) is 5.85. The molecule has 0 aliphatic carbocycles. The lowest BCUT2D eigenvalue weighted by molar-refractivity contribution is 0.0942. The van der Waals surface area contributed by atoms with Gasteiger partial charge in [-0.2, -0.15) is 0 Å². The highest BCUT2D eigenvalue weighted by atomic mass is 79.9. The maximum Gasteiger partial charge on any atom is 0.119 e. The first kappa shape index (κ1) is 12.5. The molecule has 2 nitrogen and oxygen atoms in total. The number of nitrogens with two attached hydrogens (primary N) is 1. The van der Waals surface area contributed by atoms with Crippen LogP contribution in [-0.4, -0.2) is 12.6 Å². The fraction of sp³-hybridized carbons (Fsp3) is 0.500.